The fraction of sp³-hybridized carbons (Fsp3) is 0.879. The van der Waals surface area contributed by atoms with E-state index in [0.717, 1.165) is 54.8 Å². The maximum absolute atomic E-state index is 12.4. The summed E-state index contributed by atoms with van der Waals surface area (Å²) in [5, 5.41) is 8.76. The molecule has 0 heterocycles. The van der Waals surface area contributed by atoms with E-state index in [1.807, 2.05) is 0 Å². The molecule has 3 saturated carbocycles. The van der Waals surface area contributed by atoms with Gasteiger partial charge in [0, 0.05) is 6.42 Å². The number of aliphatic hydroxyl groups is 1. The van der Waals surface area contributed by atoms with Gasteiger partial charge in [0.05, 0.1) is 19.4 Å². The highest BCUT2D eigenvalue weighted by Gasteiger charge is 2.59. The molecule has 0 aromatic rings. The van der Waals surface area contributed by atoms with Gasteiger partial charge in [-0.05, 0) is 91.3 Å². The molecule has 4 rings (SSSR count). The standard InChI is InChI=1S/C33H54O5/c1-22(2)7-6-8-23(3)27-11-12-28-26-10-9-24-21-25(38-31(36)14-13-30(35)37-20-19-34)15-17-32(24,4)29(26)16-18-33(27,28)5/h9,22-23,25-29,34H,6-8,10-21H2,1-5H3/t23?,25-,26-,27+,28-,29-,32-,33+/m0/s1. The summed E-state index contributed by atoms with van der Waals surface area (Å²) in [6, 6.07) is 0. The van der Waals surface area contributed by atoms with Gasteiger partial charge in [0.15, 0.2) is 0 Å². The maximum Gasteiger partial charge on any atom is 0.306 e. The molecule has 0 aromatic heterocycles. The van der Waals surface area contributed by atoms with E-state index in [2.05, 4.69) is 40.7 Å². The van der Waals surface area contributed by atoms with Crippen molar-refractivity contribution < 1.29 is 24.2 Å². The fourth-order valence-corrected chi connectivity index (χ4v) is 9.43. The van der Waals surface area contributed by atoms with Crippen molar-refractivity contribution in [2.24, 2.45) is 46.3 Å². The van der Waals surface area contributed by atoms with Gasteiger partial charge < -0.3 is 14.6 Å². The highest BCUT2D eigenvalue weighted by atomic mass is 16.5. The normalized spacial score (nSPS) is 37.0. The summed E-state index contributed by atoms with van der Waals surface area (Å²) >= 11 is 0. The van der Waals surface area contributed by atoms with Gasteiger partial charge in [-0.15, -0.1) is 0 Å². The van der Waals surface area contributed by atoms with Crippen LogP contribution in [0.4, 0.5) is 0 Å². The average Bonchev–Trinajstić information content (AvgIpc) is 3.23. The SMILES string of the molecule is CC(C)CCCC(C)[C@H]1CC[C@H]2[C@@H]3CC=C4C[C@@H](OC(=O)CCC(=O)OCCO)CC[C@]4(C)[C@H]3CC[C@]12C. The van der Waals surface area contributed by atoms with Crippen molar-refractivity contribution in [1.82, 2.24) is 0 Å². The number of hydrogen-bond acceptors (Lipinski definition) is 5. The van der Waals surface area contributed by atoms with E-state index in [4.69, 9.17) is 14.6 Å². The number of ether oxygens (including phenoxy) is 2. The third-order valence-electron chi connectivity index (χ3n) is 11.4. The molecule has 4 aliphatic rings. The van der Waals surface area contributed by atoms with Crippen LogP contribution in [0.25, 0.3) is 0 Å². The van der Waals surface area contributed by atoms with Crippen LogP contribution in [0.3, 0.4) is 0 Å². The third kappa shape index (κ3) is 6.18. The molecule has 5 heteroatoms. The van der Waals surface area contributed by atoms with Gasteiger partial charge in [-0.25, -0.2) is 0 Å². The Hall–Kier alpha value is -1.36. The van der Waals surface area contributed by atoms with E-state index in [0.29, 0.717) is 5.41 Å². The average molecular weight is 531 g/mol. The Morgan fingerprint density at radius 1 is 1.00 bits per heavy atom. The van der Waals surface area contributed by atoms with Crippen molar-refractivity contribution in [3.05, 3.63) is 11.6 Å². The Bertz CT molecular complexity index is 863. The molecule has 0 aromatic carbocycles. The lowest BCUT2D eigenvalue weighted by Gasteiger charge is -2.58. The molecule has 1 unspecified atom stereocenters. The quantitative estimate of drug-likeness (QED) is 0.225. The summed E-state index contributed by atoms with van der Waals surface area (Å²) in [6.07, 6.45) is 16.3. The number of esters is 2. The molecule has 3 fully saturated rings. The summed E-state index contributed by atoms with van der Waals surface area (Å²) in [7, 11) is 0. The molecule has 0 radical (unpaired) electrons. The van der Waals surface area contributed by atoms with Crippen LogP contribution in [0.2, 0.25) is 0 Å². The summed E-state index contributed by atoms with van der Waals surface area (Å²) in [6.45, 7) is 12.2. The van der Waals surface area contributed by atoms with Gasteiger partial charge in [0.1, 0.15) is 12.7 Å². The molecule has 0 saturated heterocycles. The topological polar surface area (TPSA) is 72.8 Å². The zero-order chi connectivity index (χ0) is 27.5. The van der Waals surface area contributed by atoms with Crippen molar-refractivity contribution in [1.29, 1.82) is 0 Å². The predicted octanol–water partition coefficient (Wildman–Crippen LogP) is 7.26. The van der Waals surface area contributed by atoms with E-state index in [9.17, 15) is 9.59 Å². The second-order valence-corrected chi connectivity index (χ2v) is 14.1. The predicted molar refractivity (Wildman–Crippen MR) is 150 cm³/mol. The molecule has 0 spiro atoms. The van der Waals surface area contributed by atoms with Crippen LogP contribution in [0, 0.1) is 46.3 Å². The molecular weight excluding hydrogens is 476 g/mol. The van der Waals surface area contributed by atoms with E-state index in [1.54, 1.807) is 0 Å². The molecular formula is C33H54O5. The van der Waals surface area contributed by atoms with Gasteiger partial charge in [-0.3, -0.25) is 9.59 Å². The minimum Gasteiger partial charge on any atom is -0.463 e. The molecule has 1 N–H and O–H groups in total. The molecule has 0 amide bonds. The number of fused-ring (bicyclic) bond motifs is 5. The second-order valence-electron chi connectivity index (χ2n) is 14.1. The maximum atomic E-state index is 12.4. The molecule has 8 atom stereocenters. The van der Waals surface area contributed by atoms with E-state index in [1.165, 1.54) is 56.9 Å². The first-order chi connectivity index (χ1) is 18.1. The Kier molecular flexibility index (Phi) is 9.69. The van der Waals surface area contributed by atoms with Gasteiger partial charge in [-0.1, -0.05) is 65.5 Å². The number of aliphatic hydroxyl groups excluding tert-OH is 1. The molecule has 0 aliphatic heterocycles. The van der Waals surface area contributed by atoms with Gasteiger partial charge in [-0.2, -0.15) is 0 Å². The van der Waals surface area contributed by atoms with Crippen LogP contribution in [-0.2, 0) is 19.1 Å². The highest BCUT2D eigenvalue weighted by Crippen LogP contribution is 2.67. The van der Waals surface area contributed by atoms with E-state index >= 15 is 0 Å². The Balaban J connectivity index is 1.34. The van der Waals surface area contributed by atoms with Crippen LogP contribution >= 0.6 is 0 Å². The lowest BCUT2D eigenvalue weighted by atomic mass is 9.47. The van der Waals surface area contributed by atoms with Crippen molar-refractivity contribution in [2.75, 3.05) is 13.2 Å². The number of hydrogen-bond donors (Lipinski definition) is 1. The van der Waals surface area contributed by atoms with Crippen molar-refractivity contribution in [3.8, 4) is 0 Å². The summed E-state index contributed by atoms with van der Waals surface area (Å²) < 4.78 is 10.7. The molecule has 38 heavy (non-hydrogen) atoms. The van der Waals surface area contributed by atoms with Crippen LogP contribution < -0.4 is 0 Å². The van der Waals surface area contributed by atoms with Crippen molar-refractivity contribution in [3.63, 3.8) is 0 Å². The Morgan fingerprint density at radius 3 is 2.50 bits per heavy atom. The van der Waals surface area contributed by atoms with Crippen molar-refractivity contribution >= 4 is 11.9 Å². The van der Waals surface area contributed by atoms with E-state index in [-0.39, 0.29) is 43.5 Å². The van der Waals surface area contributed by atoms with Crippen LogP contribution in [0.1, 0.15) is 118 Å². The highest BCUT2D eigenvalue weighted by molar-refractivity contribution is 5.77. The van der Waals surface area contributed by atoms with Crippen LogP contribution in [0.5, 0.6) is 0 Å². The fourth-order valence-electron chi connectivity index (χ4n) is 9.43. The number of carbonyl (C=O) groups is 2. The summed E-state index contributed by atoms with van der Waals surface area (Å²) in [5.41, 5.74) is 2.26. The first-order valence-electron chi connectivity index (χ1n) is 15.7. The minimum atomic E-state index is -0.461. The lowest BCUT2D eigenvalue weighted by Crippen LogP contribution is -2.51. The zero-order valence-electron chi connectivity index (χ0n) is 24.8. The number of allylic oxidation sites excluding steroid dienone is 1. The summed E-state index contributed by atoms with van der Waals surface area (Å²) in [4.78, 5) is 24.0. The zero-order valence-corrected chi connectivity index (χ0v) is 24.8. The van der Waals surface area contributed by atoms with E-state index < -0.39 is 5.97 Å². The molecule has 5 nitrogen and oxygen atoms in total. The van der Waals surface area contributed by atoms with Crippen molar-refractivity contribution in [2.45, 2.75) is 124 Å². The smallest absolute Gasteiger partial charge is 0.306 e. The van der Waals surface area contributed by atoms with Gasteiger partial charge in [0.25, 0.3) is 0 Å². The van der Waals surface area contributed by atoms with Crippen LogP contribution in [0.15, 0.2) is 11.6 Å². The largest absolute Gasteiger partial charge is 0.463 e. The molecule has 4 aliphatic carbocycles. The Labute approximate surface area is 231 Å². The molecule has 0 bridgehead atoms. The minimum absolute atomic E-state index is 0.00716. The third-order valence-corrected chi connectivity index (χ3v) is 11.4. The second kappa shape index (κ2) is 12.4. The Morgan fingerprint density at radius 2 is 1.76 bits per heavy atom. The molecule has 216 valence electrons. The lowest BCUT2D eigenvalue weighted by molar-refractivity contribution is -0.155. The van der Waals surface area contributed by atoms with Crippen LogP contribution in [-0.4, -0.2) is 36.4 Å². The first kappa shape index (κ1) is 29.6. The monoisotopic (exact) mass is 530 g/mol. The van der Waals surface area contributed by atoms with Gasteiger partial charge in [0.2, 0.25) is 0 Å². The summed E-state index contributed by atoms with van der Waals surface area (Å²) in [5.74, 6) is 4.18. The number of carbonyl (C=O) groups excluding carboxylic acids is 2. The number of rotatable bonds is 11. The van der Waals surface area contributed by atoms with Gasteiger partial charge >= 0.3 is 11.9 Å². The first-order valence-corrected chi connectivity index (χ1v) is 15.7.